The van der Waals surface area contributed by atoms with Gasteiger partial charge in [0.2, 0.25) is 0 Å². The van der Waals surface area contributed by atoms with Crippen molar-refractivity contribution in [3.05, 3.63) is 42.2 Å². The number of hydrogen-bond acceptors (Lipinski definition) is 5. The first-order valence-corrected chi connectivity index (χ1v) is 7.89. The number of benzene rings is 1. The fourth-order valence-electron chi connectivity index (χ4n) is 2.09. The standard InChI is InChI=1S/C15H15N3OS.CH4O/c1-3-20-15-17-12(9-14-16-6-7-18(14)15)11-4-5-13(19)10(2)8-11;1-2/h4-9,19H,3H2,1-2H3;2H,1H3. The van der Waals surface area contributed by atoms with Crippen molar-refractivity contribution in [2.75, 3.05) is 12.9 Å². The molecule has 0 amide bonds. The van der Waals surface area contributed by atoms with Gasteiger partial charge in [0.05, 0.1) is 5.69 Å². The number of rotatable bonds is 3. The zero-order chi connectivity index (χ0) is 16.1. The van der Waals surface area contributed by atoms with Crippen LogP contribution in [0.4, 0.5) is 0 Å². The van der Waals surface area contributed by atoms with Gasteiger partial charge in [-0.25, -0.2) is 9.97 Å². The second kappa shape index (κ2) is 7.29. The Morgan fingerprint density at radius 2 is 2.00 bits per heavy atom. The van der Waals surface area contributed by atoms with Crippen LogP contribution in [-0.4, -0.2) is 37.4 Å². The van der Waals surface area contributed by atoms with Gasteiger partial charge in [0.25, 0.3) is 0 Å². The topological polar surface area (TPSA) is 70.7 Å². The summed E-state index contributed by atoms with van der Waals surface area (Å²) in [6, 6.07) is 7.49. The molecule has 2 N–H and O–H groups in total. The van der Waals surface area contributed by atoms with E-state index in [1.807, 2.05) is 35.7 Å². The van der Waals surface area contributed by atoms with Crippen LogP contribution in [0.15, 0.2) is 41.8 Å². The average molecular weight is 317 g/mol. The molecule has 0 atom stereocenters. The highest BCUT2D eigenvalue weighted by Crippen LogP contribution is 2.27. The summed E-state index contributed by atoms with van der Waals surface area (Å²) in [5.74, 6) is 1.26. The van der Waals surface area contributed by atoms with Crippen molar-refractivity contribution in [2.24, 2.45) is 0 Å². The Labute approximate surface area is 133 Å². The summed E-state index contributed by atoms with van der Waals surface area (Å²) in [4.78, 5) is 9.06. The van der Waals surface area contributed by atoms with E-state index in [1.165, 1.54) is 0 Å². The molecule has 0 unspecified atom stereocenters. The number of fused-ring (bicyclic) bond motifs is 1. The average Bonchev–Trinajstić information content (AvgIpc) is 3.01. The van der Waals surface area contributed by atoms with Crippen LogP contribution in [-0.2, 0) is 0 Å². The van der Waals surface area contributed by atoms with E-state index >= 15 is 0 Å². The molecule has 5 nitrogen and oxygen atoms in total. The summed E-state index contributed by atoms with van der Waals surface area (Å²) in [7, 11) is 1.00. The van der Waals surface area contributed by atoms with Crippen molar-refractivity contribution >= 4 is 17.4 Å². The molecule has 6 heteroatoms. The molecule has 2 aromatic heterocycles. The van der Waals surface area contributed by atoms with Crippen molar-refractivity contribution < 1.29 is 10.2 Å². The van der Waals surface area contributed by atoms with Gasteiger partial charge in [-0.15, -0.1) is 0 Å². The van der Waals surface area contributed by atoms with Gasteiger partial charge in [-0.2, -0.15) is 0 Å². The third kappa shape index (κ3) is 3.23. The summed E-state index contributed by atoms with van der Waals surface area (Å²) in [5, 5.41) is 17.6. The minimum atomic E-state index is 0.304. The molecule has 3 aromatic rings. The summed E-state index contributed by atoms with van der Waals surface area (Å²) in [6.45, 7) is 3.99. The van der Waals surface area contributed by atoms with E-state index < -0.39 is 0 Å². The number of aliphatic hydroxyl groups excluding tert-OH is 1. The van der Waals surface area contributed by atoms with Crippen molar-refractivity contribution in [3.8, 4) is 17.0 Å². The molecule has 0 saturated heterocycles. The molecule has 0 fully saturated rings. The molecular formula is C16H19N3O2S. The first-order chi connectivity index (χ1) is 10.7. The van der Waals surface area contributed by atoms with Crippen LogP contribution in [0.2, 0.25) is 0 Å². The van der Waals surface area contributed by atoms with Crippen LogP contribution in [0.25, 0.3) is 16.9 Å². The van der Waals surface area contributed by atoms with Gasteiger partial charge in [0.1, 0.15) is 11.4 Å². The molecular weight excluding hydrogens is 298 g/mol. The normalized spacial score (nSPS) is 10.4. The number of hydrogen-bond donors (Lipinski definition) is 2. The second-order valence-corrected chi connectivity index (χ2v) is 5.74. The molecule has 0 spiro atoms. The molecule has 0 saturated carbocycles. The zero-order valence-corrected chi connectivity index (χ0v) is 13.6. The lowest BCUT2D eigenvalue weighted by molar-refractivity contribution is 0.399. The third-order valence-electron chi connectivity index (χ3n) is 3.12. The van der Waals surface area contributed by atoms with Crippen molar-refractivity contribution in [1.29, 1.82) is 0 Å². The van der Waals surface area contributed by atoms with E-state index in [0.717, 1.165) is 40.5 Å². The quantitative estimate of drug-likeness (QED) is 0.574. The van der Waals surface area contributed by atoms with Crippen LogP contribution in [0.1, 0.15) is 12.5 Å². The Morgan fingerprint density at radius 3 is 2.68 bits per heavy atom. The third-order valence-corrected chi connectivity index (χ3v) is 3.96. The number of aliphatic hydroxyl groups is 1. The Hall–Kier alpha value is -2.05. The molecule has 3 rings (SSSR count). The largest absolute Gasteiger partial charge is 0.508 e. The maximum atomic E-state index is 9.63. The van der Waals surface area contributed by atoms with E-state index in [1.54, 1.807) is 24.0 Å². The van der Waals surface area contributed by atoms with E-state index in [9.17, 15) is 5.11 Å². The number of phenolic OH excluding ortho intramolecular Hbond substituents is 1. The number of imidazole rings is 1. The van der Waals surface area contributed by atoms with E-state index in [0.29, 0.717) is 5.75 Å². The molecule has 0 radical (unpaired) electrons. The summed E-state index contributed by atoms with van der Waals surface area (Å²) in [5.41, 5.74) is 3.60. The van der Waals surface area contributed by atoms with Crippen LogP contribution in [0, 0.1) is 6.92 Å². The highest BCUT2D eigenvalue weighted by molar-refractivity contribution is 7.99. The van der Waals surface area contributed by atoms with Gasteiger partial charge in [0, 0.05) is 31.1 Å². The van der Waals surface area contributed by atoms with Gasteiger partial charge in [-0.3, -0.25) is 4.40 Å². The monoisotopic (exact) mass is 317 g/mol. The number of phenols is 1. The minimum absolute atomic E-state index is 0.304. The summed E-state index contributed by atoms with van der Waals surface area (Å²) < 4.78 is 1.99. The van der Waals surface area contributed by atoms with Crippen molar-refractivity contribution in [3.63, 3.8) is 0 Å². The van der Waals surface area contributed by atoms with Gasteiger partial charge in [-0.1, -0.05) is 18.7 Å². The Balaban J connectivity index is 0.000000847. The lowest BCUT2D eigenvalue weighted by Gasteiger charge is -2.08. The van der Waals surface area contributed by atoms with Crippen molar-refractivity contribution in [1.82, 2.24) is 14.4 Å². The van der Waals surface area contributed by atoms with Crippen LogP contribution < -0.4 is 0 Å². The number of thioether (sulfide) groups is 1. The van der Waals surface area contributed by atoms with Gasteiger partial charge >= 0.3 is 0 Å². The number of aromatic nitrogens is 3. The number of aryl methyl sites for hydroxylation is 1. The van der Waals surface area contributed by atoms with Gasteiger partial charge in [-0.05, 0) is 36.4 Å². The maximum Gasteiger partial charge on any atom is 0.174 e. The molecule has 2 heterocycles. The smallest absolute Gasteiger partial charge is 0.174 e. The lowest BCUT2D eigenvalue weighted by Crippen LogP contribution is -1.96. The zero-order valence-electron chi connectivity index (χ0n) is 12.8. The van der Waals surface area contributed by atoms with Gasteiger partial charge in [0.15, 0.2) is 5.16 Å². The molecule has 116 valence electrons. The maximum absolute atomic E-state index is 9.63. The summed E-state index contributed by atoms with van der Waals surface area (Å²) in [6.07, 6.45) is 3.70. The number of nitrogens with zero attached hydrogens (tertiary/aromatic N) is 3. The fraction of sp³-hybridized carbons (Fsp3) is 0.250. The Morgan fingerprint density at radius 1 is 1.23 bits per heavy atom. The SMILES string of the molecule is CCSc1nc(-c2ccc(O)c(C)c2)cc2nccn12.CO. The Kier molecular flexibility index (Phi) is 5.41. The first kappa shape index (κ1) is 16.3. The second-order valence-electron chi connectivity index (χ2n) is 4.51. The summed E-state index contributed by atoms with van der Waals surface area (Å²) >= 11 is 1.69. The highest BCUT2D eigenvalue weighted by Gasteiger charge is 2.09. The van der Waals surface area contributed by atoms with E-state index in [4.69, 9.17) is 10.1 Å². The minimum Gasteiger partial charge on any atom is -0.508 e. The molecule has 0 aliphatic rings. The fourth-order valence-corrected chi connectivity index (χ4v) is 2.80. The molecule has 0 bridgehead atoms. The number of aromatic hydroxyl groups is 1. The molecule has 22 heavy (non-hydrogen) atoms. The van der Waals surface area contributed by atoms with Crippen molar-refractivity contribution in [2.45, 2.75) is 19.0 Å². The predicted octanol–water partition coefficient (Wildman–Crippen LogP) is 3.13. The van der Waals surface area contributed by atoms with Crippen LogP contribution in [0.5, 0.6) is 5.75 Å². The lowest BCUT2D eigenvalue weighted by atomic mass is 10.1. The predicted molar refractivity (Wildman–Crippen MR) is 89.4 cm³/mol. The highest BCUT2D eigenvalue weighted by atomic mass is 32.2. The van der Waals surface area contributed by atoms with E-state index in [2.05, 4.69) is 11.9 Å². The Bertz CT molecular complexity index is 771. The molecule has 1 aromatic carbocycles. The van der Waals surface area contributed by atoms with Crippen LogP contribution >= 0.6 is 11.8 Å². The molecule has 0 aliphatic heterocycles. The molecule has 0 aliphatic carbocycles. The first-order valence-electron chi connectivity index (χ1n) is 6.90. The van der Waals surface area contributed by atoms with E-state index in [-0.39, 0.29) is 0 Å². The van der Waals surface area contributed by atoms with Gasteiger partial charge < -0.3 is 10.2 Å². The van der Waals surface area contributed by atoms with Crippen LogP contribution in [0.3, 0.4) is 0 Å².